The van der Waals surface area contributed by atoms with Crippen molar-refractivity contribution in [3.63, 3.8) is 0 Å². The molecule has 0 saturated carbocycles. The van der Waals surface area contributed by atoms with E-state index in [0.717, 1.165) is 21.6 Å². The molecule has 8 nitrogen and oxygen atoms in total. The summed E-state index contributed by atoms with van der Waals surface area (Å²) in [5, 5.41) is 4.50. The molecule has 0 unspecified atom stereocenters. The molecule has 9 heteroatoms. The molecule has 168 valence electrons. The second-order valence-electron chi connectivity index (χ2n) is 7.16. The van der Waals surface area contributed by atoms with Gasteiger partial charge in [0.1, 0.15) is 11.4 Å². The molecule has 0 aliphatic rings. The van der Waals surface area contributed by atoms with Gasteiger partial charge in [-0.15, -0.1) is 11.3 Å². The maximum Gasteiger partial charge on any atom is 0.263 e. The summed E-state index contributed by atoms with van der Waals surface area (Å²) in [6.07, 6.45) is 2.88. The van der Waals surface area contributed by atoms with Crippen LogP contribution in [0.4, 0.5) is 0 Å². The van der Waals surface area contributed by atoms with E-state index >= 15 is 0 Å². The van der Waals surface area contributed by atoms with Crippen LogP contribution in [0.2, 0.25) is 0 Å². The molecule has 33 heavy (non-hydrogen) atoms. The van der Waals surface area contributed by atoms with Gasteiger partial charge in [0.15, 0.2) is 11.5 Å². The minimum absolute atomic E-state index is 0.200. The molecule has 4 aromatic rings. The Morgan fingerprint density at radius 3 is 2.64 bits per heavy atom. The molecule has 0 bridgehead atoms. The SMILES string of the molecule is COc1ccc(C=NNC(=O)Cn2cnc3sc(C)c(-c4ccccc4)c3c2=O)cc1OC. The molecule has 0 radical (unpaired) electrons. The standard InChI is InChI=1S/C24H22N4O4S/c1-15-21(17-7-5-4-6-8-17)22-23(33-15)25-14-28(24(22)30)13-20(29)27-26-12-16-9-10-18(31-2)19(11-16)32-3/h4-12,14H,13H2,1-3H3,(H,27,29). The molecule has 0 spiro atoms. The van der Waals surface area contributed by atoms with Crippen LogP contribution in [0, 0.1) is 6.92 Å². The molecular weight excluding hydrogens is 440 g/mol. The molecular formula is C24H22N4O4S. The third kappa shape index (κ3) is 4.63. The number of benzene rings is 2. The fraction of sp³-hybridized carbons (Fsp3) is 0.167. The normalized spacial score (nSPS) is 11.1. The van der Waals surface area contributed by atoms with Crippen LogP contribution >= 0.6 is 11.3 Å². The predicted molar refractivity (Wildman–Crippen MR) is 129 cm³/mol. The topological polar surface area (TPSA) is 94.8 Å². The van der Waals surface area contributed by atoms with Crippen molar-refractivity contribution in [2.24, 2.45) is 5.10 Å². The highest BCUT2D eigenvalue weighted by Gasteiger charge is 2.17. The van der Waals surface area contributed by atoms with Gasteiger partial charge in [-0.25, -0.2) is 10.4 Å². The monoisotopic (exact) mass is 462 g/mol. The van der Waals surface area contributed by atoms with Crippen LogP contribution in [0.15, 0.2) is 64.8 Å². The largest absolute Gasteiger partial charge is 0.493 e. The molecule has 2 aromatic heterocycles. The number of carbonyl (C=O) groups is 1. The van der Waals surface area contributed by atoms with Crippen molar-refractivity contribution in [1.29, 1.82) is 0 Å². The van der Waals surface area contributed by atoms with Gasteiger partial charge in [0, 0.05) is 10.4 Å². The van der Waals surface area contributed by atoms with E-state index in [1.807, 2.05) is 37.3 Å². The van der Waals surface area contributed by atoms with Crippen molar-refractivity contribution in [3.8, 4) is 22.6 Å². The lowest BCUT2D eigenvalue weighted by Crippen LogP contribution is -2.30. The Balaban J connectivity index is 1.53. The van der Waals surface area contributed by atoms with Gasteiger partial charge in [-0.3, -0.25) is 14.2 Å². The number of rotatable bonds is 7. The summed E-state index contributed by atoms with van der Waals surface area (Å²) in [6.45, 7) is 1.77. The lowest BCUT2D eigenvalue weighted by molar-refractivity contribution is -0.121. The van der Waals surface area contributed by atoms with Crippen molar-refractivity contribution < 1.29 is 14.3 Å². The highest BCUT2D eigenvalue weighted by Crippen LogP contribution is 2.35. The number of thiophene rings is 1. The van der Waals surface area contributed by atoms with E-state index in [-0.39, 0.29) is 12.1 Å². The molecule has 2 heterocycles. The number of ether oxygens (including phenoxy) is 2. The highest BCUT2D eigenvalue weighted by atomic mass is 32.1. The molecule has 0 aliphatic carbocycles. The second kappa shape index (κ2) is 9.66. The predicted octanol–water partition coefficient (Wildman–Crippen LogP) is 3.60. The van der Waals surface area contributed by atoms with E-state index < -0.39 is 5.91 Å². The molecule has 1 amide bonds. The quantitative estimate of drug-likeness (QED) is 0.335. The van der Waals surface area contributed by atoms with Crippen LogP contribution in [0.1, 0.15) is 10.4 Å². The van der Waals surface area contributed by atoms with Crippen LogP contribution in [0.3, 0.4) is 0 Å². The number of amides is 1. The smallest absolute Gasteiger partial charge is 0.263 e. The van der Waals surface area contributed by atoms with Gasteiger partial charge in [-0.1, -0.05) is 30.3 Å². The van der Waals surface area contributed by atoms with Gasteiger partial charge >= 0.3 is 0 Å². The number of aryl methyl sites for hydroxylation is 1. The van der Waals surface area contributed by atoms with Crippen molar-refractivity contribution >= 4 is 33.7 Å². The molecule has 4 rings (SSSR count). The maximum atomic E-state index is 13.2. The minimum atomic E-state index is -0.441. The fourth-order valence-electron chi connectivity index (χ4n) is 3.50. The summed E-state index contributed by atoms with van der Waals surface area (Å²) in [5.74, 6) is 0.710. The zero-order valence-corrected chi connectivity index (χ0v) is 19.2. The lowest BCUT2D eigenvalue weighted by Gasteiger charge is -2.07. The third-order valence-electron chi connectivity index (χ3n) is 5.04. The number of nitrogens with one attached hydrogen (secondary N) is 1. The molecule has 0 atom stereocenters. The molecule has 1 N–H and O–H groups in total. The number of hydrazone groups is 1. The van der Waals surface area contributed by atoms with Gasteiger partial charge in [-0.2, -0.15) is 5.10 Å². The van der Waals surface area contributed by atoms with E-state index in [1.165, 1.54) is 28.4 Å². The summed E-state index contributed by atoms with van der Waals surface area (Å²) in [7, 11) is 3.10. The third-order valence-corrected chi connectivity index (χ3v) is 6.05. The van der Waals surface area contributed by atoms with Crippen LogP contribution in [0.25, 0.3) is 21.3 Å². The fourth-order valence-corrected chi connectivity index (χ4v) is 4.51. The van der Waals surface area contributed by atoms with Gasteiger partial charge in [0.25, 0.3) is 11.5 Å². The Morgan fingerprint density at radius 2 is 1.91 bits per heavy atom. The molecule has 0 aliphatic heterocycles. The first-order chi connectivity index (χ1) is 16.0. The minimum Gasteiger partial charge on any atom is -0.493 e. The summed E-state index contributed by atoms with van der Waals surface area (Å²) in [5.41, 5.74) is 4.70. The Bertz CT molecular complexity index is 1390. The Kier molecular flexibility index (Phi) is 6.50. The van der Waals surface area contributed by atoms with Crippen molar-refractivity contribution in [1.82, 2.24) is 15.0 Å². The van der Waals surface area contributed by atoms with Gasteiger partial charge < -0.3 is 9.47 Å². The Labute approximate surface area is 194 Å². The summed E-state index contributed by atoms with van der Waals surface area (Å²) in [4.78, 5) is 31.7. The zero-order chi connectivity index (χ0) is 23.4. The van der Waals surface area contributed by atoms with Crippen LogP contribution in [0.5, 0.6) is 11.5 Å². The maximum absolute atomic E-state index is 13.2. The van der Waals surface area contributed by atoms with Gasteiger partial charge in [-0.05, 0) is 36.2 Å². The Hall–Kier alpha value is -3.98. The number of fused-ring (bicyclic) bond motifs is 1. The molecule has 0 fully saturated rings. The van der Waals surface area contributed by atoms with E-state index in [1.54, 1.807) is 32.4 Å². The van der Waals surface area contributed by atoms with Gasteiger partial charge in [0.05, 0.1) is 32.1 Å². The number of aromatic nitrogens is 2. The van der Waals surface area contributed by atoms with E-state index in [0.29, 0.717) is 21.7 Å². The van der Waals surface area contributed by atoms with Crippen molar-refractivity contribution in [2.75, 3.05) is 14.2 Å². The summed E-state index contributed by atoms with van der Waals surface area (Å²) in [6, 6.07) is 15.0. The average molecular weight is 463 g/mol. The van der Waals surface area contributed by atoms with E-state index in [2.05, 4.69) is 15.5 Å². The number of nitrogens with zero attached hydrogens (tertiary/aromatic N) is 3. The number of hydrogen-bond donors (Lipinski definition) is 1. The molecule has 0 saturated heterocycles. The first-order valence-electron chi connectivity index (χ1n) is 10.1. The highest BCUT2D eigenvalue weighted by molar-refractivity contribution is 7.19. The number of carbonyl (C=O) groups excluding carboxylic acids is 1. The average Bonchev–Trinajstić information content (AvgIpc) is 3.18. The lowest BCUT2D eigenvalue weighted by atomic mass is 10.0. The summed E-state index contributed by atoms with van der Waals surface area (Å²) >= 11 is 1.46. The van der Waals surface area contributed by atoms with Crippen LogP contribution < -0.4 is 20.5 Å². The number of hydrogen-bond acceptors (Lipinski definition) is 7. The molecule has 2 aromatic carbocycles. The first kappa shape index (κ1) is 22.2. The van der Waals surface area contributed by atoms with Crippen LogP contribution in [-0.2, 0) is 11.3 Å². The van der Waals surface area contributed by atoms with Gasteiger partial charge in [0.2, 0.25) is 0 Å². The van der Waals surface area contributed by atoms with Crippen molar-refractivity contribution in [3.05, 3.63) is 75.7 Å². The first-order valence-corrected chi connectivity index (χ1v) is 10.9. The summed E-state index contributed by atoms with van der Waals surface area (Å²) < 4.78 is 11.8. The van der Waals surface area contributed by atoms with E-state index in [4.69, 9.17) is 9.47 Å². The van der Waals surface area contributed by atoms with E-state index in [9.17, 15) is 9.59 Å². The van der Waals surface area contributed by atoms with Crippen LogP contribution in [-0.4, -0.2) is 35.9 Å². The van der Waals surface area contributed by atoms with Crippen molar-refractivity contribution in [2.45, 2.75) is 13.5 Å². The zero-order valence-electron chi connectivity index (χ0n) is 18.4. The second-order valence-corrected chi connectivity index (χ2v) is 8.37. The number of methoxy groups -OCH3 is 2. The Morgan fingerprint density at radius 1 is 1.15 bits per heavy atom.